The number of ether oxygens (including phenoxy) is 2. The van der Waals surface area contributed by atoms with Gasteiger partial charge in [-0.05, 0) is 12.8 Å². The predicted molar refractivity (Wildman–Crippen MR) is 54.4 cm³/mol. The van der Waals surface area contributed by atoms with Gasteiger partial charge in [0.25, 0.3) is 0 Å². The number of aliphatic hydroxyl groups is 1. The van der Waals surface area contributed by atoms with Gasteiger partial charge in [0.1, 0.15) is 0 Å². The minimum atomic E-state index is -0.104. The van der Waals surface area contributed by atoms with Gasteiger partial charge in [-0.25, -0.2) is 0 Å². The van der Waals surface area contributed by atoms with E-state index in [1.54, 1.807) is 7.11 Å². The van der Waals surface area contributed by atoms with Crippen LogP contribution in [0.4, 0.5) is 0 Å². The predicted octanol–water partition coefficient (Wildman–Crippen LogP) is -0.463. The Bertz CT molecular complexity index is 186. The normalized spacial score (nSPS) is 22.7. The van der Waals surface area contributed by atoms with Crippen LogP contribution in [0.1, 0.15) is 12.8 Å². The van der Waals surface area contributed by atoms with Crippen LogP contribution in [0.2, 0.25) is 0 Å². The number of carbonyl (C=O) groups excluding carboxylic acids is 1. The molecule has 15 heavy (non-hydrogen) atoms. The number of rotatable bonds is 6. The van der Waals surface area contributed by atoms with E-state index in [4.69, 9.17) is 14.6 Å². The molecule has 0 radical (unpaired) electrons. The second kappa shape index (κ2) is 6.76. The van der Waals surface area contributed by atoms with Crippen molar-refractivity contribution in [3.63, 3.8) is 0 Å². The molecule has 0 aromatic carbocycles. The van der Waals surface area contributed by atoms with Crippen LogP contribution >= 0.6 is 0 Å². The van der Waals surface area contributed by atoms with Crippen LogP contribution in [0.5, 0.6) is 0 Å². The van der Waals surface area contributed by atoms with Crippen LogP contribution < -0.4 is 5.32 Å². The highest BCUT2D eigenvalue weighted by Crippen LogP contribution is 2.12. The molecule has 2 atom stereocenters. The number of amides is 1. The molecule has 1 fully saturated rings. The number of methoxy groups -OCH3 is 1. The summed E-state index contributed by atoms with van der Waals surface area (Å²) in [6.07, 6.45) is 1.30. The van der Waals surface area contributed by atoms with Gasteiger partial charge in [0.2, 0.25) is 5.91 Å². The maximum Gasteiger partial charge on any atom is 0.225 e. The van der Waals surface area contributed by atoms with Gasteiger partial charge in [0.05, 0.1) is 25.2 Å². The Morgan fingerprint density at radius 3 is 3.07 bits per heavy atom. The molecule has 1 aliphatic rings. The SMILES string of the molecule is COCC(CCO)NC(=O)C1CCOC1. The molecule has 0 aliphatic carbocycles. The molecule has 1 amide bonds. The molecular formula is C10H19NO4. The molecule has 1 aliphatic heterocycles. The highest BCUT2D eigenvalue weighted by Gasteiger charge is 2.25. The third-order valence-electron chi connectivity index (χ3n) is 2.49. The first-order valence-electron chi connectivity index (χ1n) is 5.25. The van der Waals surface area contributed by atoms with Crippen LogP contribution in [0, 0.1) is 5.92 Å². The topological polar surface area (TPSA) is 67.8 Å². The largest absolute Gasteiger partial charge is 0.396 e. The van der Waals surface area contributed by atoms with Gasteiger partial charge in [-0.2, -0.15) is 0 Å². The van der Waals surface area contributed by atoms with E-state index < -0.39 is 0 Å². The first kappa shape index (κ1) is 12.4. The first-order valence-corrected chi connectivity index (χ1v) is 5.25. The molecular weight excluding hydrogens is 198 g/mol. The molecule has 5 heteroatoms. The van der Waals surface area contributed by atoms with Crippen LogP contribution in [-0.2, 0) is 14.3 Å². The Kier molecular flexibility index (Phi) is 5.60. The van der Waals surface area contributed by atoms with Crippen molar-refractivity contribution in [2.45, 2.75) is 18.9 Å². The third kappa shape index (κ3) is 4.15. The van der Waals surface area contributed by atoms with Gasteiger partial charge >= 0.3 is 0 Å². The molecule has 0 saturated carbocycles. The lowest BCUT2D eigenvalue weighted by atomic mass is 10.1. The van der Waals surface area contributed by atoms with Crippen molar-refractivity contribution < 1.29 is 19.4 Å². The maximum atomic E-state index is 11.7. The average molecular weight is 217 g/mol. The quantitative estimate of drug-likeness (QED) is 0.631. The zero-order valence-electron chi connectivity index (χ0n) is 9.07. The maximum absolute atomic E-state index is 11.7. The smallest absolute Gasteiger partial charge is 0.225 e. The van der Waals surface area contributed by atoms with Crippen LogP contribution in [0.15, 0.2) is 0 Å². The Morgan fingerprint density at radius 1 is 1.73 bits per heavy atom. The van der Waals surface area contributed by atoms with E-state index in [0.717, 1.165) is 6.42 Å². The van der Waals surface area contributed by atoms with Crippen molar-refractivity contribution in [2.24, 2.45) is 5.92 Å². The lowest BCUT2D eigenvalue weighted by Gasteiger charge is -2.18. The monoisotopic (exact) mass is 217 g/mol. The van der Waals surface area contributed by atoms with Gasteiger partial charge in [-0.15, -0.1) is 0 Å². The van der Waals surface area contributed by atoms with Gasteiger partial charge in [-0.1, -0.05) is 0 Å². The van der Waals surface area contributed by atoms with E-state index in [9.17, 15) is 4.79 Å². The van der Waals surface area contributed by atoms with Crippen LogP contribution in [0.25, 0.3) is 0 Å². The van der Waals surface area contributed by atoms with Crippen molar-refractivity contribution in [3.8, 4) is 0 Å². The second-order valence-corrected chi connectivity index (χ2v) is 3.73. The number of hydrogen-bond acceptors (Lipinski definition) is 4. The van der Waals surface area contributed by atoms with Crippen molar-refractivity contribution in [1.82, 2.24) is 5.32 Å². The summed E-state index contributed by atoms with van der Waals surface area (Å²) in [7, 11) is 1.58. The molecule has 1 heterocycles. The van der Waals surface area contributed by atoms with E-state index in [1.165, 1.54) is 0 Å². The minimum absolute atomic E-state index is 0.00278. The van der Waals surface area contributed by atoms with Crippen LogP contribution in [0.3, 0.4) is 0 Å². The van der Waals surface area contributed by atoms with E-state index in [1.807, 2.05) is 0 Å². The highest BCUT2D eigenvalue weighted by atomic mass is 16.5. The molecule has 5 nitrogen and oxygen atoms in total. The molecule has 0 aromatic heterocycles. The zero-order chi connectivity index (χ0) is 11.1. The Hall–Kier alpha value is -0.650. The van der Waals surface area contributed by atoms with Gasteiger partial charge in [-0.3, -0.25) is 4.79 Å². The summed E-state index contributed by atoms with van der Waals surface area (Å²) in [5, 5.41) is 11.7. The van der Waals surface area contributed by atoms with Gasteiger partial charge < -0.3 is 19.9 Å². The Labute approximate surface area is 89.8 Å². The average Bonchev–Trinajstić information content (AvgIpc) is 2.71. The summed E-state index contributed by atoms with van der Waals surface area (Å²) in [6, 6.07) is -0.104. The van der Waals surface area contributed by atoms with Gasteiger partial charge in [0.15, 0.2) is 0 Å². The highest BCUT2D eigenvalue weighted by molar-refractivity contribution is 5.79. The third-order valence-corrected chi connectivity index (χ3v) is 2.49. The van der Waals surface area contributed by atoms with Crippen molar-refractivity contribution in [2.75, 3.05) is 33.5 Å². The standard InChI is InChI=1S/C10H19NO4/c1-14-7-9(2-4-12)11-10(13)8-3-5-15-6-8/h8-9,12H,2-7H2,1H3,(H,11,13). The summed E-state index contributed by atoms with van der Waals surface area (Å²) in [6.45, 7) is 1.65. The molecule has 1 saturated heterocycles. The number of aliphatic hydroxyl groups excluding tert-OH is 1. The van der Waals surface area contributed by atoms with Crippen molar-refractivity contribution >= 4 is 5.91 Å². The lowest BCUT2D eigenvalue weighted by molar-refractivity contribution is -0.126. The summed E-state index contributed by atoms with van der Waals surface area (Å²) in [5.74, 6) is -0.0361. The summed E-state index contributed by atoms with van der Waals surface area (Å²) >= 11 is 0. The number of nitrogens with one attached hydrogen (secondary N) is 1. The van der Waals surface area contributed by atoms with Gasteiger partial charge in [0, 0.05) is 20.3 Å². The van der Waals surface area contributed by atoms with E-state index in [0.29, 0.717) is 26.2 Å². The van der Waals surface area contributed by atoms with Crippen molar-refractivity contribution in [1.29, 1.82) is 0 Å². The second-order valence-electron chi connectivity index (χ2n) is 3.73. The molecule has 2 N–H and O–H groups in total. The summed E-state index contributed by atoms with van der Waals surface area (Å²) in [4.78, 5) is 11.7. The van der Waals surface area contributed by atoms with Crippen molar-refractivity contribution in [3.05, 3.63) is 0 Å². The molecule has 1 rings (SSSR count). The fourth-order valence-electron chi connectivity index (χ4n) is 1.61. The molecule has 0 spiro atoms. The summed E-state index contributed by atoms with van der Waals surface area (Å²) in [5.41, 5.74) is 0. The van der Waals surface area contributed by atoms with E-state index in [2.05, 4.69) is 5.32 Å². The van der Waals surface area contributed by atoms with E-state index in [-0.39, 0.29) is 24.5 Å². The Balaban J connectivity index is 2.31. The number of hydrogen-bond donors (Lipinski definition) is 2. The fraction of sp³-hybridized carbons (Fsp3) is 0.900. The molecule has 2 unspecified atom stereocenters. The zero-order valence-corrected chi connectivity index (χ0v) is 9.07. The van der Waals surface area contributed by atoms with E-state index >= 15 is 0 Å². The summed E-state index contributed by atoms with van der Waals surface area (Å²) < 4.78 is 10.1. The fourth-order valence-corrected chi connectivity index (χ4v) is 1.61. The lowest BCUT2D eigenvalue weighted by Crippen LogP contribution is -2.42. The van der Waals surface area contributed by atoms with Crippen LogP contribution in [-0.4, -0.2) is 50.6 Å². The Morgan fingerprint density at radius 2 is 2.53 bits per heavy atom. The minimum Gasteiger partial charge on any atom is -0.396 e. The number of carbonyl (C=O) groups is 1. The molecule has 0 bridgehead atoms. The first-order chi connectivity index (χ1) is 7.27. The molecule has 0 aromatic rings. The molecule has 88 valence electrons.